The smallest absolute Gasteiger partial charge is 0.322 e. The van der Waals surface area contributed by atoms with E-state index in [1.165, 1.54) is 44.9 Å². The number of aliphatic carboxylic acids is 1. The molecule has 192 valence electrons. The van der Waals surface area contributed by atoms with Crippen LogP contribution < -0.4 is 5.32 Å². The Balaban J connectivity index is 4.15. The van der Waals surface area contributed by atoms with Crippen molar-refractivity contribution < 1.29 is 24.2 Å². The number of amides is 1. The Morgan fingerprint density at radius 3 is 2.03 bits per heavy atom. The van der Waals surface area contributed by atoms with E-state index < -0.39 is 5.97 Å². The number of carbonyl (C=O) groups is 3. The van der Waals surface area contributed by atoms with Crippen molar-refractivity contribution in [3.05, 3.63) is 12.2 Å². The largest absolute Gasteiger partial charge is 0.480 e. The van der Waals surface area contributed by atoms with Crippen molar-refractivity contribution in [1.82, 2.24) is 5.32 Å². The number of allylic oxidation sites excluding steroid dienone is 1. The summed E-state index contributed by atoms with van der Waals surface area (Å²) in [7, 11) is 0. The quantitative estimate of drug-likeness (QED) is 0.0988. The SMILES string of the molecule is CCCCC/C=C\C(CCCCCCC(=O)NCC(=O)O)OC(=O)CCCCCCCCC. The van der Waals surface area contributed by atoms with E-state index in [1.807, 2.05) is 0 Å². The third kappa shape index (κ3) is 23.1. The average molecular weight is 468 g/mol. The van der Waals surface area contributed by atoms with E-state index in [9.17, 15) is 14.4 Å². The molecule has 0 aliphatic carbocycles. The second-order valence-corrected chi connectivity index (χ2v) is 8.95. The Hall–Kier alpha value is -1.85. The summed E-state index contributed by atoms with van der Waals surface area (Å²) < 4.78 is 5.76. The van der Waals surface area contributed by atoms with Crippen LogP contribution in [0.1, 0.15) is 129 Å². The van der Waals surface area contributed by atoms with Crippen molar-refractivity contribution in [1.29, 1.82) is 0 Å². The van der Waals surface area contributed by atoms with Crippen LogP contribution in [0.25, 0.3) is 0 Å². The molecule has 1 unspecified atom stereocenters. The van der Waals surface area contributed by atoms with Gasteiger partial charge < -0.3 is 15.2 Å². The number of carboxylic acids is 1. The van der Waals surface area contributed by atoms with Gasteiger partial charge >= 0.3 is 11.9 Å². The van der Waals surface area contributed by atoms with Crippen molar-refractivity contribution in [2.45, 2.75) is 136 Å². The predicted octanol–water partition coefficient (Wildman–Crippen LogP) is 6.72. The summed E-state index contributed by atoms with van der Waals surface area (Å²) in [5.74, 6) is -1.34. The van der Waals surface area contributed by atoms with Crippen LogP contribution in [0.3, 0.4) is 0 Å². The van der Waals surface area contributed by atoms with E-state index in [0.717, 1.165) is 57.8 Å². The Morgan fingerprint density at radius 1 is 0.788 bits per heavy atom. The molecule has 0 spiro atoms. The molecule has 1 amide bonds. The molecule has 0 aromatic carbocycles. The van der Waals surface area contributed by atoms with Crippen LogP contribution in [0, 0.1) is 0 Å². The molecule has 33 heavy (non-hydrogen) atoms. The van der Waals surface area contributed by atoms with Gasteiger partial charge in [-0.25, -0.2) is 0 Å². The lowest BCUT2D eigenvalue weighted by atomic mass is 10.1. The van der Waals surface area contributed by atoms with Crippen LogP contribution in [0.5, 0.6) is 0 Å². The van der Waals surface area contributed by atoms with Crippen LogP contribution in [-0.4, -0.2) is 35.6 Å². The van der Waals surface area contributed by atoms with Gasteiger partial charge in [-0.2, -0.15) is 0 Å². The minimum Gasteiger partial charge on any atom is -0.480 e. The van der Waals surface area contributed by atoms with Gasteiger partial charge in [0.2, 0.25) is 5.91 Å². The predicted molar refractivity (Wildman–Crippen MR) is 134 cm³/mol. The minimum atomic E-state index is -1.03. The maximum Gasteiger partial charge on any atom is 0.322 e. The molecule has 0 bridgehead atoms. The second kappa shape index (κ2) is 23.3. The third-order valence-corrected chi connectivity index (χ3v) is 5.67. The Kier molecular flexibility index (Phi) is 22.0. The number of ether oxygens (including phenoxy) is 1. The van der Waals surface area contributed by atoms with E-state index in [4.69, 9.17) is 9.84 Å². The number of hydrogen-bond donors (Lipinski definition) is 2. The van der Waals surface area contributed by atoms with Crippen molar-refractivity contribution in [3.8, 4) is 0 Å². The lowest BCUT2D eigenvalue weighted by molar-refractivity contribution is -0.147. The fourth-order valence-electron chi connectivity index (χ4n) is 3.66. The Morgan fingerprint density at radius 2 is 1.36 bits per heavy atom. The summed E-state index contributed by atoms with van der Waals surface area (Å²) in [6.07, 6.45) is 22.1. The van der Waals surface area contributed by atoms with Gasteiger partial charge in [-0.1, -0.05) is 84.1 Å². The van der Waals surface area contributed by atoms with Gasteiger partial charge in [0.05, 0.1) is 0 Å². The fourth-order valence-corrected chi connectivity index (χ4v) is 3.66. The second-order valence-electron chi connectivity index (χ2n) is 8.95. The van der Waals surface area contributed by atoms with Gasteiger partial charge in [-0.05, 0) is 44.6 Å². The third-order valence-electron chi connectivity index (χ3n) is 5.67. The molecule has 2 N–H and O–H groups in total. The molecule has 0 aromatic heterocycles. The maximum absolute atomic E-state index is 12.3. The van der Waals surface area contributed by atoms with Gasteiger partial charge in [0, 0.05) is 12.8 Å². The molecule has 0 fully saturated rings. The molecule has 0 saturated carbocycles. The van der Waals surface area contributed by atoms with E-state index >= 15 is 0 Å². The van der Waals surface area contributed by atoms with Gasteiger partial charge in [0.1, 0.15) is 12.6 Å². The highest BCUT2D eigenvalue weighted by atomic mass is 16.5. The number of esters is 1. The maximum atomic E-state index is 12.3. The van der Waals surface area contributed by atoms with Crippen molar-refractivity contribution in [2.75, 3.05) is 6.54 Å². The van der Waals surface area contributed by atoms with E-state index in [1.54, 1.807) is 0 Å². The number of nitrogens with one attached hydrogen (secondary N) is 1. The molecule has 0 aromatic rings. The van der Waals surface area contributed by atoms with Crippen LogP contribution in [0.2, 0.25) is 0 Å². The lowest BCUT2D eigenvalue weighted by Crippen LogP contribution is -2.28. The van der Waals surface area contributed by atoms with Crippen LogP contribution in [0.15, 0.2) is 12.2 Å². The van der Waals surface area contributed by atoms with Crippen molar-refractivity contribution in [2.24, 2.45) is 0 Å². The highest BCUT2D eigenvalue weighted by Crippen LogP contribution is 2.14. The number of carbonyl (C=O) groups excluding carboxylic acids is 2. The Labute approximate surface area is 201 Å². The van der Waals surface area contributed by atoms with Gasteiger partial charge in [0.25, 0.3) is 0 Å². The Bertz CT molecular complexity index is 533. The zero-order chi connectivity index (χ0) is 24.6. The zero-order valence-electron chi connectivity index (χ0n) is 21.2. The normalized spacial score (nSPS) is 12.1. The van der Waals surface area contributed by atoms with E-state index in [0.29, 0.717) is 12.8 Å². The van der Waals surface area contributed by atoms with Crippen LogP contribution in [0.4, 0.5) is 0 Å². The molecular formula is C27H49NO5. The molecule has 0 rings (SSSR count). The summed E-state index contributed by atoms with van der Waals surface area (Å²) >= 11 is 0. The molecule has 0 saturated heterocycles. The molecule has 0 radical (unpaired) electrons. The first-order valence-electron chi connectivity index (χ1n) is 13.3. The number of rotatable bonds is 23. The molecule has 6 heteroatoms. The molecule has 0 aliphatic heterocycles. The first kappa shape index (κ1) is 31.1. The lowest BCUT2D eigenvalue weighted by Gasteiger charge is -2.15. The standard InChI is InChI=1S/C27H49NO5/c1-3-5-7-9-10-12-18-22-27(32)33-24(19-15-11-8-6-4-2)20-16-13-14-17-21-25(29)28-23-26(30)31/h15,19,24H,3-14,16-18,20-23H2,1-2H3,(H,28,29)(H,30,31)/b19-15-. The summed E-state index contributed by atoms with van der Waals surface area (Å²) in [6, 6.07) is 0. The summed E-state index contributed by atoms with van der Waals surface area (Å²) in [4.78, 5) is 34.3. The fraction of sp³-hybridized carbons (Fsp3) is 0.815. The molecule has 0 aliphatic rings. The first-order chi connectivity index (χ1) is 16.0. The summed E-state index contributed by atoms with van der Waals surface area (Å²) in [5, 5.41) is 10.9. The molecule has 0 heterocycles. The zero-order valence-corrected chi connectivity index (χ0v) is 21.2. The number of carboxylic acid groups (broad SMARTS) is 1. The van der Waals surface area contributed by atoms with Gasteiger partial charge in [-0.15, -0.1) is 0 Å². The average Bonchev–Trinajstić information content (AvgIpc) is 2.78. The monoisotopic (exact) mass is 467 g/mol. The van der Waals surface area contributed by atoms with Crippen LogP contribution in [-0.2, 0) is 19.1 Å². The van der Waals surface area contributed by atoms with Crippen molar-refractivity contribution >= 4 is 17.8 Å². The number of hydrogen-bond acceptors (Lipinski definition) is 4. The van der Waals surface area contributed by atoms with Crippen LogP contribution >= 0.6 is 0 Å². The summed E-state index contributed by atoms with van der Waals surface area (Å²) in [5.41, 5.74) is 0. The molecular weight excluding hydrogens is 418 g/mol. The van der Waals surface area contributed by atoms with E-state index in [2.05, 4.69) is 31.3 Å². The number of unbranched alkanes of at least 4 members (excludes halogenated alkanes) is 12. The van der Waals surface area contributed by atoms with E-state index in [-0.39, 0.29) is 24.5 Å². The highest BCUT2D eigenvalue weighted by molar-refractivity contribution is 5.80. The topological polar surface area (TPSA) is 92.7 Å². The highest BCUT2D eigenvalue weighted by Gasteiger charge is 2.11. The first-order valence-corrected chi connectivity index (χ1v) is 13.3. The molecule has 1 atom stereocenters. The molecule has 6 nitrogen and oxygen atoms in total. The van der Waals surface area contributed by atoms with Crippen molar-refractivity contribution in [3.63, 3.8) is 0 Å². The minimum absolute atomic E-state index is 0.0955. The van der Waals surface area contributed by atoms with Gasteiger partial charge in [0.15, 0.2) is 0 Å². The van der Waals surface area contributed by atoms with Gasteiger partial charge in [-0.3, -0.25) is 14.4 Å². The summed E-state index contributed by atoms with van der Waals surface area (Å²) in [6.45, 7) is 4.08.